The van der Waals surface area contributed by atoms with Crippen LogP contribution in [0.2, 0.25) is 0 Å². The average molecular weight is 236 g/mol. The molecule has 1 aliphatic heterocycles. The first kappa shape index (κ1) is 12.6. The van der Waals surface area contributed by atoms with Crippen LogP contribution >= 0.6 is 0 Å². The van der Waals surface area contributed by atoms with Gasteiger partial charge in [-0.1, -0.05) is 13.8 Å². The van der Waals surface area contributed by atoms with Crippen LogP contribution in [-0.4, -0.2) is 34.3 Å². The zero-order chi connectivity index (χ0) is 12.4. The second kappa shape index (κ2) is 5.19. The summed E-state index contributed by atoms with van der Waals surface area (Å²) < 4.78 is 1.94. The SMILES string of the molecule is CCc1nn(C)cc1C1C(CN)CCN1CC. The van der Waals surface area contributed by atoms with E-state index < -0.39 is 0 Å². The van der Waals surface area contributed by atoms with Crippen molar-refractivity contribution in [3.63, 3.8) is 0 Å². The average Bonchev–Trinajstić information content (AvgIpc) is 2.90. The summed E-state index contributed by atoms with van der Waals surface area (Å²) in [5.41, 5.74) is 8.55. The van der Waals surface area contributed by atoms with Crippen molar-refractivity contribution in [3.05, 3.63) is 17.5 Å². The molecule has 4 heteroatoms. The number of aromatic nitrogens is 2. The van der Waals surface area contributed by atoms with E-state index >= 15 is 0 Å². The molecular formula is C13H24N4. The van der Waals surface area contributed by atoms with E-state index in [2.05, 4.69) is 30.0 Å². The first-order chi connectivity index (χ1) is 8.21. The van der Waals surface area contributed by atoms with Crippen molar-refractivity contribution in [2.24, 2.45) is 18.7 Å². The largest absolute Gasteiger partial charge is 0.330 e. The molecule has 1 aliphatic rings. The third kappa shape index (κ3) is 2.24. The monoisotopic (exact) mass is 236 g/mol. The lowest BCUT2D eigenvalue weighted by Crippen LogP contribution is -2.28. The number of nitrogens with two attached hydrogens (primary N) is 1. The molecule has 4 nitrogen and oxygen atoms in total. The summed E-state index contributed by atoms with van der Waals surface area (Å²) in [5.74, 6) is 0.587. The highest BCUT2D eigenvalue weighted by Crippen LogP contribution is 2.37. The number of hydrogen-bond donors (Lipinski definition) is 1. The van der Waals surface area contributed by atoms with Crippen LogP contribution in [-0.2, 0) is 13.5 Å². The summed E-state index contributed by atoms with van der Waals surface area (Å²) in [4.78, 5) is 2.54. The van der Waals surface area contributed by atoms with Crippen molar-refractivity contribution in [3.8, 4) is 0 Å². The first-order valence-corrected chi connectivity index (χ1v) is 6.67. The van der Waals surface area contributed by atoms with Gasteiger partial charge in [0.1, 0.15) is 0 Å². The van der Waals surface area contributed by atoms with Crippen molar-refractivity contribution in [1.29, 1.82) is 0 Å². The maximum atomic E-state index is 5.92. The lowest BCUT2D eigenvalue weighted by atomic mass is 9.93. The second-order valence-electron chi connectivity index (χ2n) is 4.92. The van der Waals surface area contributed by atoms with Gasteiger partial charge in [-0.15, -0.1) is 0 Å². The van der Waals surface area contributed by atoms with Crippen LogP contribution < -0.4 is 5.73 Å². The van der Waals surface area contributed by atoms with Gasteiger partial charge in [0, 0.05) is 24.8 Å². The fourth-order valence-corrected chi connectivity index (χ4v) is 3.05. The lowest BCUT2D eigenvalue weighted by Gasteiger charge is -2.26. The van der Waals surface area contributed by atoms with Gasteiger partial charge in [-0.05, 0) is 38.4 Å². The maximum absolute atomic E-state index is 5.92. The number of nitrogens with zero attached hydrogens (tertiary/aromatic N) is 3. The molecule has 1 saturated heterocycles. The lowest BCUT2D eigenvalue weighted by molar-refractivity contribution is 0.241. The second-order valence-corrected chi connectivity index (χ2v) is 4.92. The Hall–Kier alpha value is -0.870. The van der Waals surface area contributed by atoms with Crippen LogP contribution in [0.1, 0.15) is 37.6 Å². The van der Waals surface area contributed by atoms with E-state index in [9.17, 15) is 0 Å². The minimum atomic E-state index is 0.480. The Morgan fingerprint density at radius 1 is 1.47 bits per heavy atom. The normalized spacial score (nSPS) is 25.6. The van der Waals surface area contributed by atoms with E-state index in [4.69, 9.17) is 5.73 Å². The maximum Gasteiger partial charge on any atom is 0.0669 e. The van der Waals surface area contributed by atoms with Crippen molar-refractivity contribution < 1.29 is 0 Å². The molecule has 1 fully saturated rings. The zero-order valence-corrected chi connectivity index (χ0v) is 11.2. The van der Waals surface area contributed by atoms with Gasteiger partial charge in [-0.25, -0.2) is 0 Å². The van der Waals surface area contributed by atoms with Crippen molar-refractivity contribution in [2.45, 2.75) is 32.7 Å². The van der Waals surface area contributed by atoms with E-state index in [1.54, 1.807) is 0 Å². The molecule has 2 heterocycles. The minimum Gasteiger partial charge on any atom is -0.330 e. The third-order valence-electron chi connectivity index (χ3n) is 3.93. The minimum absolute atomic E-state index is 0.480. The zero-order valence-electron chi connectivity index (χ0n) is 11.2. The molecule has 1 aromatic rings. The van der Waals surface area contributed by atoms with Gasteiger partial charge in [0.15, 0.2) is 0 Å². The van der Waals surface area contributed by atoms with E-state index in [-0.39, 0.29) is 0 Å². The summed E-state index contributed by atoms with van der Waals surface area (Å²) >= 11 is 0. The Balaban J connectivity index is 2.34. The van der Waals surface area contributed by atoms with E-state index in [1.807, 2.05) is 11.7 Å². The molecule has 0 spiro atoms. The Kier molecular flexibility index (Phi) is 3.84. The topological polar surface area (TPSA) is 47.1 Å². The smallest absolute Gasteiger partial charge is 0.0669 e. The molecule has 2 unspecified atom stereocenters. The van der Waals surface area contributed by atoms with Crippen molar-refractivity contribution >= 4 is 0 Å². The van der Waals surface area contributed by atoms with Crippen LogP contribution in [0.15, 0.2) is 6.20 Å². The highest BCUT2D eigenvalue weighted by atomic mass is 15.3. The molecule has 0 aliphatic carbocycles. The molecule has 1 aromatic heterocycles. The van der Waals surface area contributed by atoms with E-state index in [0.29, 0.717) is 12.0 Å². The van der Waals surface area contributed by atoms with Gasteiger partial charge < -0.3 is 5.73 Å². The number of hydrogen-bond acceptors (Lipinski definition) is 3. The van der Waals surface area contributed by atoms with E-state index in [0.717, 1.165) is 19.5 Å². The standard InChI is InChI=1S/C13H24N4/c1-4-12-11(9-16(3)15-12)13-10(8-14)6-7-17(13)5-2/h9-10,13H,4-8,14H2,1-3H3. The third-order valence-corrected chi connectivity index (χ3v) is 3.93. The van der Waals surface area contributed by atoms with Crippen LogP contribution in [0.5, 0.6) is 0 Å². The summed E-state index contributed by atoms with van der Waals surface area (Å²) in [6.45, 7) is 7.45. The van der Waals surface area contributed by atoms with Gasteiger partial charge in [-0.3, -0.25) is 9.58 Å². The highest BCUT2D eigenvalue weighted by molar-refractivity contribution is 5.24. The van der Waals surface area contributed by atoms with Crippen molar-refractivity contribution in [2.75, 3.05) is 19.6 Å². The molecule has 17 heavy (non-hydrogen) atoms. The van der Waals surface area contributed by atoms with E-state index in [1.165, 1.54) is 24.2 Å². The molecular weight excluding hydrogens is 212 g/mol. The fourth-order valence-electron chi connectivity index (χ4n) is 3.05. The molecule has 2 N–H and O–H groups in total. The molecule has 96 valence electrons. The predicted octanol–water partition coefficient (Wildman–Crippen LogP) is 1.32. The first-order valence-electron chi connectivity index (χ1n) is 6.67. The Morgan fingerprint density at radius 3 is 2.82 bits per heavy atom. The fraction of sp³-hybridized carbons (Fsp3) is 0.769. The molecule has 0 aromatic carbocycles. The predicted molar refractivity (Wildman–Crippen MR) is 69.7 cm³/mol. The summed E-state index contributed by atoms with van der Waals surface area (Å²) in [5, 5.41) is 4.56. The summed E-state index contributed by atoms with van der Waals surface area (Å²) in [6.07, 6.45) is 4.40. The number of rotatable bonds is 4. The van der Waals surface area contributed by atoms with Crippen LogP contribution in [0, 0.1) is 5.92 Å². The molecule has 2 rings (SSSR count). The summed E-state index contributed by atoms with van der Waals surface area (Å²) in [6, 6.07) is 0.480. The van der Waals surface area contributed by atoms with Gasteiger partial charge in [0.25, 0.3) is 0 Å². The van der Waals surface area contributed by atoms with Crippen LogP contribution in [0.25, 0.3) is 0 Å². The van der Waals surface area contributed by atoms with Gasteiger partial charge in [-0.2, -0.15) is 5.10 Å². The van der Waals surface area contributed by atoms with Gasteiger partial charge in [0.2, 0.25) is 0 Å². The van der Waals surface area contributed by atoms with Crippen LogP contribution in [0.3, 0.4) is 0 Å². The van der Waals surface area contributed by atoms with Crippen molar-refractivity contribution in [1.82, 2.24) is 14.7 Å². The quantitative estimate of drug-likeness (QED) is 0.858. The Morgan fingerprint density at radius 2 is 2.24 bits per heavy atom. The van der Waals surface area contributed by atoms with Crippen LogP contribution in [0.4, 0.5) is 0 Å². The molecule has 2 atom stereocenters. The molecule has 0 bridgehead atoms. The number of likely N-dealkylation sites (tertiary alicyclic amines) is 1. The Labute approximate surface area is 104 Å². The molecule has 0 radical (unpaired) electrons. The Bertz CT molecular complexity index is 359. The molecule has 0 saturated carbocycles. The van der Waals surface area contributed by atoms with Gasteiger partial charge in [0.05, 0.1) is 5.69 Å². The molecule has 0 amide bonds. The van der Waals surface area contributed by atoms with Gasteiger partial charge >= 0.3 is 0 Å². The number of aryl methyl sites for hydroxylation is 2. The highest BCUT2D eigenvalue weighted by Gasteiger charge is 2.35. The summed E-state index contributed by atoms with van der Waals surface area (Å²) in [7, 11) is 2.01.